The van der Waals surface area contributed by atoms with Gasteiger partial charge in [0.05, 0.1) is 22.2 Å². The van der Waals surface area contributed by atoms with Gasteiger partial charge in [-0.2, -0.15) is 0 Å². The van der Waals surface area contributed by atoms with Crippen LogP contribution >= 0.6 is 11.6 Å². The van der Waals surface area contributed by atoms with Crippen LogP contribution in [0.25, 0.3) is 22.1 Å². The molecule has 0 radical (unpaired) electrons. The smallest absolute Gasteiger partial charge is 0.200 e. The Morgan fingerprint density at radius 1 is 1.07 bits per heavy atom. The third kappa shape index (κ3) is 3.39. The molecule has 0 aliphatic carbocycles. The fourth-order valence-electron chi connectivity index (χ4n) is 3.61. The molecule has 1 aliphatic heterocycles. The van der Waals surface area contributed by atoms with Gasteiger partial charge in [-0.1, -0.05) is 29.8 Å². The van der Waals surface area contributed by atoms with Crippen molar-refractivity contribution in [1.82, 2.24) is 9.88 Å². The fourth-order valence-corrected chi connectivity index (χ4v) is 3.73. The van der Waals surface area contributed by atoms with Crippen molar-refractivity contribution in [3.05, 3.63) is 93.6 Å². The Balaban J connectivity index is 1.53. The largest absolute Gasteiger partial charge is 0.478 e. The zero-order chi connectivity index (χ0) is 19.8. The van der Waals surface area contributed by atoms with Crippen LogP contribution in [-0.4, -0.2) is 16.6 Å². The molecule has 0 unspecified atom stereocenters. The van der Waals surface area contributed by atoms with Gasteiger partial charge in [-0.05, 0) is 42.0 Å². The molecule has 0 saturated carbocycles. The molecule has 144 valence electrons. The molecule has 1 aliphatic rings. The predicted molar refractivity (Wildman–Crippen MR) is 112 cm³/mol. The molecular weight excluding hydrogens is 388 g/mol. The number of ether oxygens (including phenoxy) is 1. The molecule has 3 heterocycles. The molecule has 0 atom stereocenters. The normalized spacial score (nSPS) is 13.8. The van der Waals surface area contributed by atoms with E-state index < -0.39 is 0 Å². The minimum atomic E-state index is -0.0711. The number of fused-ring (bicyclic) bond motifs is 3. The van der Waals surface area contributed by atoms with Crippen LogP contribution in [-0.2, 0) is 13.1 Å². The Kier molecular flexibility index (Phi) is 4.54. The molecule has 0 spiro atoms. The summed E-state index contributed by atoms with van der Waals surface area (Å²) in [5, 5.41) is 1.16. The van der Waals surface area contributed by atoms with Crippen molar-refractivity contribution in [2.45, 2.75) is 13.1 Å². The maximum Gasteiger partial charge on any atom is 0.200 e. The number of nitrogens with zero attached hydrogens (tertiary/aromatic N) is 2. The highest BCUT2D eigenvalue weighted by Crippen LogP contribution is 2.33. The molecule has 0 bridgehead atoms. The number of halogens is 1. The summed E-state index contributed by atoms with van der Waals surface area (Å²) in [6, 6.07) is 16.6. The van der Waals surface area contributed by atoms with Crippen molar-refractivity contribution in [2.24, 2.45) is 0 Å². The first-order valence-corrected chi connectivity index (χ1v) is 9.65. The zero-order valence-corrected chi connectivity index (χ0v) is 16.2. The minimum absolute atomic E-state index is 0.0711. The molecular formula is C23H17ClN2O3. The van der Waals surface area contributed by atoms with Crippen LogP contribution in [0, 0.1) is 0 Å². The van der Waals surface area contributed by atoms with Gasteiger partial charge in [0, 0.05) is 24.3 Å². The van der Waals surface area contributed by atoms with Crippen LogP contribution in [0.4, 0.5) is 0 Å². The summed E-state index contributed by atoms with van der Waals surface area (Å²) in [6.45, 7) is 1.73. The van der Waals surface area contributed by atoms with Crippen molar-refractivity contribution < 1.29 is 9.15 Å². The third-order valence-electron chi connectivity index (χ3n) is 5.05. The van der Waals surface area contributed by atoms with E-state index >= 15 is 0 Å². The lowest BCUT2D eigenvalue weighted by Gasteiger charge is -2.29. The summed E-state index contributed by atoms with van der Waals surface area (Å²) in [5.41, 5.74) is 3.62. The molecule has 5 nitrogen and oxygen atoms in total. The molecule has 29 heavy (non-hydrogen) atoms. The van der Waals surface area contributed by atoms with Crippen molar-refractivity contribution in [3.63, 3.8) is 0 Å². The second kappa shape index (κ2) is 7.35. The fraction of sp³-hybridized carbons (Fsp3) is 0.130. The van der Waals surface area contributed by atoms with E-state index in [9.17, 15) is 4.79 Å². The number of aromatic nitrogens is 1. The second-order valence-corrected chi connectivity index (χ2v) is 7.42. The lowest BCUT2D eigenvalue weighted by Crippen LogP contribution is -2.32. The van der Waals surface area contributed by atoms with E-state index in [1.807, 2.05) is 36.4 Å². The maximum absolute atomic E-state index is 13.1. The Bertz CT molecular complexity index is 1240. The zero-order valence-electron chi connectivity index (χ0n) is 15.5. The van der Waals surface area contributed by atoms with E-state index in [4.69, 9.17) is 20.8 Å². The number of rotatable bonds is 3. The van der Waals surface area contributed by atoms with Crippen molar-refractivity contribution in [1.29, 1.82) is 0 Å². The first-order valence-electron chi connectivity index (χ1n) is 9.27. The van der Waals surface area contributed by atoms with E-state index in [1.165, 1.54) is 6.26 Å². The van der Waals surface area contributed by atoms with Gasteiger partial charge in [0.25, 0.3) is 0 Å². The lowest BCUT2D eigenvalue weighted by atomic mass is 10.0. The van der Waals surface area contributed by atoms with Gasteiger partial charge < -0.3 is 9.15 Å². The minimum Gasteiger partial charge on any atom is -0.478 e. The molecule has 4 aromatic rings. The second-order valence-electron chi connectivity index (χ2n) is 6.99. The van der Waals surface area contributed by atoms with E-state index in [0.717, 1.165) is 22.6 Å². The van der Waals surface area contributed by atoms with E-state index in [2.05, 4.69) is 9.88 Å². The van der Waals surface area contributed by atoms with Crippen molar-refractivity contribution >= 4 is 22.6 Å². The highest BCUT2D eigenvalue weighted by molar-refractivity contribution is 6.30. The molecule has 2 aromatic heterocycles. The quantitative estimate of drug-likeness (QED) is 0.488. The molecule has 0 N–H and O–H groups in total. The van der Waals surface area contributed by atoms with Crippen LogP contribution in [0.5, 0.6) is 5.75 Å². The average molecular weight is 405 g/mol. The van der Waals surface area contributed by atoms with Crippen molar-refractivity contribution in [3.8, 4) is 16.9 Å². The predicted octanol–water partition coefficient (Wildman–Crippen LogP) is 4.86. The van der Waals surface area contributed by atoms with E-state index in [1.54, 1.807) is 24.4 Å². The van der Waals surface area contributed by atoms with Crippen LogP contribution in [0.15, 0.2) is 76.3 Å². The van der Waals surface area contributed by atoms with Gasteiger partial charge >= 0.3 is 0 Å². The van der Waals surface area contributed by atoms with Crippen LogP contribution in [0.2, 0.25) is 5.02 Å². The lowest BCUT2D eigenvalue weighted by molar-refractivity contribution is 0.0879. The summed E-state index contributed by atoms with van der Waals surface area (Å²) in [5.74, 6) is 0.747. The van der Waals surface area contributed by atoms with Gasteiger partial charge in [-0.25, -0.2) is 0 Å². The average Bonchev–Trinajstić information content (AvgIpc) is 2.75. The van der Waals surface area contributed by atoms with Crippen LogP contribution in [0.3, 0.4) is 0 Å². The topological polar surface area (TPSA) is 55.6 Å². The summed E-state index contributed by atoms with van der Waals surface area (Å²) in [4.78, 5) is 19.6. The van der Waals surface area contributed by atoms with Gasteiger partial charge in [0.15, 0.2) is 0 Å². The monoisotopic (exact) mass is 404 g/mol. The highest BCUT2D eigenvalue weighted by Gasteiger charge is 2.23. The Labute approximate surface area is 172 Å². The SMILES string of the molecule is O=c1c(-c2ccc(Cl)cc2)coc2c3c(ccc12)OCN(Cc1ccccn1)C3. The molecule has 0 fully saturated rings. The van der Waals surface area contributed by atoms with Gasteiger partial charge in [0.1, 0.15) is 24.3 Å². The first kappa shape index (κ1) is 17.9. The first-order chi connectivity index (χ1) is 14.2. The summed E-state index contributed by atoms with van der Waals surface area (Å²) in [6.07, 6.45) is 3.30. The molecule has 5 rings (SSSR count). The molecule has 2 aromatic carbocycles. The van der Waals surface area contributed by atoms with Gasteiger partial charge in [-0.15, -0.1) is 0 Å². The maximum atomic E-state index is 13.1. The van der Waals surface area contributed by atoms with Gasteiger partial charge in [-0.3, -0.25) is 14.7 Å². The molecule has 6 heteroatoms. The summed E-state index contributed by atoms with van der Waals surface area (Å²) in [7, 11) is 0. The third-order valence-corrected chi connectivity index (χ3v) is 5.30. The molecule has 0 amide bonds. The number of benzene rings is 2. The highest BCUT2D eigenvalue weighted by atomic mass is 35.5. The summed E-state index contributed by atoms with van der Waals surface area (Å²) >= 11 is 5.96. The summed E-state index contributed by atoms with van der Waals surface area (Å²) < 4.78 is 11.9. The van der Waals surface area contributed by atoms with Crippen LogP contribution in [0.1, 0.15) is 11.3 Å². The molecule has 0 saturated heterocycles. The van der Waals surface area contributed by atoms with Crippen LogP contribution < -0.4 is 10.2 Å². The van der Waals surface area contributed by atoms with E-state index in [0.29, 0.717) is 41.4 Å². The van der Waals surface area contributed by atoms with E-state index in [-0.39, 0.29) is 5.43 Å². The number of hydrogen-bond donors (Lipinski definition) is 0. The van der Waals surface area contributed by atoms with Crippen molar-refractivity contribution in [2.75, 3.05) is 6.73 Å². The number of pyridine rings is 1. The van der Waals surface area contributed by atoms with Gasteiger partial charge in [0.2, 0.25) is 5.43 Å². The standard InChI is InChI=1S/C23H17ClN2O3/c24-16-6-4-15(5-7-16)20-13-28-23-18(22(20)27)8-9-21-19(23)12-26(14-29-21)11-17-3-1-2-10-25-17/h1-10,13H,11-12,14H2. The Hall–Kier alpha value is -3.15. The Morgan fingerprint density at radius 3 is 2.72 bits per heavy atom. The Morgan fingerprint density at radius 2 is 1.93 bits per heavy atom. The number of hydrogen-bond acceptors (Lipinski definition) is 5.